The maximum absolute atomic E-state index is 6.80. The molecule has 0 aliphatic heterocycles. The van der Waals surface area contributed by atoms with Gasteiger partial charge in [0.2, 0.25) is 0 Å². The summed E-state index contributed by atoms with van der Waals surface area (Å²) in [5, 5.41) is 6.50. The molecule has 0 radical (unpaired) electrons. The Hall–Kier alpha value is -7.82. The molecule has 4 nitrogen and oxygen atoms in total. The fourth-order valence-electron chi connectivity index (χ4n) is 8.77. The van der Waals surface area contributed by atoms with Crippen LogP contribution in [0.4, 0.5) is 17.1 Å². The maximum atomic E-state index is 6.80. The summed E-state index contributed by atoms with van der Waals surface area (Å²) in [6, 6.07) is 70.3. The third kappa shape index (κ3) is 5.09. The van der Waals surface area contributed by atoms with Crippen molar-refractivity contribution in [2.45, 2.75) is 0 Å². The van der Waals surface area contributed by atoms with E-state index >= 15 is 0 Å². The molecule has 0 saturated carbocycles. The van der Waals surface area contributed by atoms with Gasteiger partial charge in [-0.25, -0.2) is 0 Å². The molecule has 0 fully saturated rings. The van der Waals surface area contributed by atoms with Gasteiger partial charge >= 0.3 is 0 Å². The molecule has 0 aliphatic rings. The Labute approximate surface area is 333 Å². The van der Waals surface area contributed by atoms with Gasteiger partial charge in [0.05, 0.1) is 5.39 Å². The third-order valence-electron chi connectivity index (χ3n) is 11.5. The normalized spacial score (nSPS) is 11.8. The largest absolute Gasteiger partial charge is 0.456 e. The van der Waals surface area contributed by atoms with E-state index in [2.05, 4.69) is 169 Å². The first-order chi connectivity index (χ1) is 28.7. The first kappa shape index (κ1) is 32.4. The summed E-state index contributed by atoms with van der Waals surface area (Å²) in [5.74, 6) is 0. The van der Waals surface area contributed by atoms with E-state index in [1.54, 1.807) is 0 Å². The summed E-state index contributed by atoms with van der Waals surface area (Å²) < 4.78 is 19.2. The fraction of sp³-hybridized carbons (Fsp3) is 0. The Balaban J connectivity index is 0.959. The van der Waals surface area contributed by atoms with Crippen molar-refractivity contribution in [3.05, 3.63) is 200 Å². The minimum atomic E-state index is 0.829. The molecule has 58 heavy (non-hydrogen) atoms. The SMILES string of the molecule is c1ccc(-c2ccc(N(c3ccc(-c4cccc5c4oc4c5ccc5oc6ccccc6c54)cc3)c3ccc(-c4cccc5oc6ccccc6c45)cc3)cc2)cc1. The summed E-state index contributed by atoms with van der Waals surface area (Å²) in [6.45, 7) is 0. The highest BCUT2D eigenvalue weighted by Crippen LogP contribution is 2.44. The van der Waals surface area contributed by atoms with Crippen LogP contribution in [-0.2, 0) is 0 Å². The summed E-state index contributed by atoms with van der Waals surface area (Å²) >= 11 is 0. The third-order valence-corrected chi connectivity index (χ3v) is 11.5. The lowest BCUT2D eigenvalue weighted by molar-refractivity contribution is 0.663. The Bertz CT molecular complexity index is 3480. The Morgan fingerprint density at radius 1 is 0.259 bits per heavy atom. The van der Waals surface area contributed by atoms with Crippen molar-refractivity contribution in [3.8, 4) is 33.4 Å². The monoisotopic (exact) mass is 743 g/mol. The van der Waals surface area contributed by atoms with Crippen LogP contribution in [-0.4, -0.2) is 0 Å². The van der Waals surface area contributed by atoms with Crippen LogP contribution >= 0.6 is 0 Å². The summed E-state index contributed by atoms with van der Waals surface area (Å²) in [4.78, 5) is 2.32. The number of hydrogen-bond donors (Lipinski definition) is 0. The van der Waals surface area contributed by atoms with E-state index in [4.69, 9.17) is 13.3 Å². The Kier molecular flexibility index (Phi) is 7.20. The lowest BCUT2D eigenvalue weighted by Crippen LogP contribution is -2.09. The molecular formula is C54H33NO3. The molecule has 3 aromatic heterocycles. The smallest absolute Gasteiger partial charge is 0.147 e. The van der Waals surface area contributed by atoms with Crippen LogP contribution in [0.1, 0.15) is 0 Å². The van der Waals surface area contributed by atoms with Gasteiger partial charge in [-0.15, -0.1) is 0 Å². The molecular weight excluding hydrogens is 711 g/mol. The van der Waals surface area contributed by atoms with Crippen LogP contribution in [0.3, 0.4) is 0 Å². The van der Waals surface area contributed by atoms with Crippen LogP contribution in [0, 0.1) is 0 Å². The van der Waals surface area contributed by atoms with Gasteiger partial charge in [-0.3, -0.25) is 0 Å². The van der Waals surface area contributed by atoms with Gasteiger partial charge in [-0.1, -0.05) is 133 Å². The van der Waals surface area contributed by atoms with Crippen molar-refractivity contribution in [2.75, 3.05) is 4.90 Å². The average Bonchev–Trinajstić information content (AvgIpc) is 3.99. The topological polar surface area (TPSA) is 42.7 Å². The highest BCUT2D eigenvalue weighted by Gasteiger charge is 2.20. The number of para-hydroxylation sites is 3. The van der Waals surface area contributed by atoms with Crippen LogP contribution in [0.2, 0.25) is 0 Å². The van der Waals surface area contributed by atoms with E-state index in [-0.39, 0.29) is 0 Å². The maximum Gasteiger partial charge on any atom is 0.147 e. The standard InChI is InChI=1S/C54H33NO3/c1-2-10-34(11-3-1)35-20-26-38(27-21-35)55(39-28-22-36(23-29-39)41-14-9-19-49-51(41)45-12-4-6-17-47(45)56-49)40-30-24-37(25-31-40)42-15-8-16-43-44-32-33-50-52(54(44)58-53(42)43)46-13-5-7-18-48(46)57-50/h1-33H. The van der Waals surface area contributed by atoms with E-state index in [9.17, 15) is 0 Å². The molecule has 12 rings (SSSR count). The van der Waals surface area contributed by atoms with Gasteiger partial charge in [-0.05, 0) is 94.5 Å². The first-order valence-corrected chi connectivity index (χ1v) is 19.6. The quantitative estimate of drug-likeness (QED) is 0.170. The van der Waals surface area contributed by atoms with Gasteiger partial charge < -0.3 is 18.2 Å². The molecule has 4 heteroatoms. The first-order valence-electron chi connectivity index (χ1n) is 19.6. The van der Waals surface area contributed by atoms with Crippen molar-refractivity contribution in [1.82, 2.24) is 0 Å². The van der Waals surface area contributed by atoms with E-state index in [0.29, 0.717) is 0 Å². The van der Waals surface area contributed by atoms with Crippen LogP contribution in [0.15, 0.2) is 213 Å². The second-order valence-electron chi connectivity index (χ2n) is 14.8. The number of benzene rings is 9. The predicted molar refractivity (Wildman–Crippen MR) is 239 cm³/mol. The van der Waals surface area contributed by atoms with Gasteiger partial charge in [0.15, 0.2) is 0 Å². The molecule has 272 valence electrons. The van der Waals surface area contributed by atoms with Crippen molar-refractivity contribution < 1.29 is 13.3 Å². The molecule has 12 aromatic rings. The zero-order valence-corrected chi connectivity index (χ0v) is 31.2. The second-order valence-corrected chi connectivity index (χ2v) is 14.8. The number of anilines is 3. The number of hydrogen-bond acceptors (Lipinski definition) is 4. The van der Waals surface area contributed by atoms with Crippen LogP contribution in [0.5, 0.6) is 0 Å². The van der Waals surface area contributed by atoms with Gasteiger partial charge in [0.25, 0.3) is 0 Å². The van der Waals surface area contributed by atoms with Crippen molar-refractivity contribution in [2.24, 2.45) is 0 Å². The van der Waals surface area contributed by atoms with E-state index < -0.39 is 0 Å². The molecule has 0 unspecified atom stereocenters. The molecule has 0 N–H and O–H groups in total. The second kappa shape index (κ2) is 12.9. The Morgan fingerprint density at radius 2 is 0.724 bits per heavy atom. The molecule has 0 amide bonds. The van der Waals surface area contributed by atoms with Gasteiger partial charge in [0.1, 0.15) is 33.5 Å². The van der Waals surface area contributed by atoms with Crippen molar-refractivity contribution in [3.63, 3.8) is 0 Å². The van der Waals surface area contributed by atoms with Crippen LogP contribution in [0.25, 0.3) is 99.2 Å². The predicted octanol–water partition coefficient (Wildman–Crippen LogP) is 15.9. The summed E-state index contributed by atoms with van der Waals surface area (Å²) in [5.41, 5.74) is 15.2. The molecule has 0 aliphatic carbocycles. The van der Waals surface area contributed by atoms with E-state index in [1.807, 2.05) is 36.4 Å². The molecule has 0 spiro atoms. The van der Waals surface area contributed by atoms with Gasteiger partial charge in [-0.2, -0.15) is 0 Å². The van der Waals surface area contributed by atoms with Crippen molar-refractivity contribution >= 4 is 82.9 Å². The molecule has 0 bridgehead atoms. The summed E-state index contributed by atoms with van der Waals surface area (Å²) in [7, 11) is 0. The minimum Gasteiger partial charge on any atom is -0.456 e. The molecule has 0 atom stereocenters. The molecule has 9 aromatic carbocycles. The van der Waals surface area contributed by atoms with Crippen LogP contribution < -0.4 is 4.90 Å². The number of rotatable bonds is 6. The van der Waals surface area contributed by atoms with Gasteiger partial charge in [0, 0.05) is 49.6 Å². The minimum absolute atomic E-state index is 0.829. The molecule has 3 heterocycles. The zero-order valence-electron chi connectivity index (χ0n) is 31.2. The highest BCUT2D eigenvalue weighted by molar-refractivity contribution is 6.23. The van der Waals surface area contributed by atoms with Crippen molar-refractivity contribution in [1.29, 1.82) is 0 Å². The number of furan rings is 3. The van der Waals surface area contributed by atoms with E-state index in [1.165, 1.54) is 11.1 Å². The zero-order chi connectivity index (χ0) is 38.2. The fourth-order valence-corrected chi connectivity index (χ4v) is 8.77. The number of fused-ring (bicyclic) bond motifs is 10. The summed E-state index contributed by atoms with van der Waals surface area (Å²) in [6.07, 6.45) is 0. The number of nitrogens with zero attached hydrogens (tertiary/aromatic N) is 1. The van der Waals surface area contributed by atoms with E-state index in [0.717, 1.165) is 105 Å². The highest BCUT2D eigenvalue weighted by atomic mass is 16.3. The lowest BCUT2D eigenvalue weighted by Gasteiger charge is -2.26. The lowest BCUT2D eigenvalue weighted by atomic mass is 9.98. The Morgan fingerprint density at radius 3 is 1.40 bits per heavy atom. The average molecular weight is 744 g/mol. The molecule has 0 saturated heterocycles.